The van der Waals surface area contributed by atoms with Crippen molar-refractivity contribution in [2.45, 2.75) is 0 Å². The summed E-state index contributed by atoms with van der Waals surface area (Å²) in [6.45, 7) is 4.35. The van der Waals surface area contributed by atoms with Crippen molar-refractivity contribution in [3.05, 3.63) is 42.2 Å². The van der Waals surface area contributed by atoms with Gasteiger partial charge in [-0.05, 0) is 12.1 Å². The molecule has 124 valence electrons. The van der Waals surface area contributed by atoms with E-state index in [9.17, 15) is 4.79 Å². The van der Waals surface area contributed by atoms with Crippen LogP contribution in [0.3, 0.4) is 0 Å². The summed E-state index contributed by atoms with van der Waals surface area (Å²) in [5, 5.41) is 2.07. The molecule has 3 heterocycles. The average molecular weight is 325 g/mol. The Morgan fingerprint density at radius 3 is 2.92 bits per heavy atom. The Hall–Kier alpha value is -2.44. The van der Waals surface area contributed by atoms with Gasteiger partial charge in [0.1, 0.15) is 12.3 Å². The quantitative estimate of drug-likeness (QED) is 0.745. The second-order valence-corrected chi connectivity index (χ2v) is 5.88. The molecular formula is C18H19N3O3. The molecule has 6 nitrogen and oxygen atoms in total. The lowest BCUT2D eigenvalue weighted by Gasteiger charge is -2.26. The van der Waals surface area contributed by atoms with Crippen molar-refractivity contribution in [3.63, 3.8) is 0 Å². The van der Waals surface area contributed by atoms with E-state index in [-0.39, 0.29) is 5.97 Å². The van der Waals surface area contributed by atoms with E-state index < -0.39 is 0 Å². The zero-order valence-corrected chi connectivity index (χ0v) is 13.3. The maximum absolute atomic E-state index is 12.2. The Balaban J connectivity index is 1.46. The number of H-pyrrole nitrogens is 1. The number of para-hydroxylation sites is 1. The average Bonchev–Trinajstić information content (AvgIpc) is 3.00. The van der Waals surface area contributed by atoms with Crippen molar-refractivity contribution in [2.24, 2.45) is 0 Å². The van der Waals surface area contributed by atoms with Gasteiger partial charge in [-0.3, -0.25) is 4.90 Å². The summed E-state index contributed by atoms with van der Waals surface area (Å²) in [5.41, 5.74) is 2.29. The summed E-state index contributed by atoms with van der Waals surface area (Å²) in [4.78, 5) is 22.0. The Kier molecular flexibility index (Phi) is 4.15. The number of aromatic nitrogens is 2. The molecule has 6 heteroatoms. The van der Waals surface area contributed by atoms with E-state index in [1.54, 1.807) is 12.3 Å². The normalized spacial score (nSPS) is 15.8. The van der Waals surface area contributed by atoms with E-state index in [0.717, 1.165) is 54.7 Å². The number of rotatable bonds is 4. The second-order valence-electron chi connectivity index (χ2n) is 5.88. The van der Waals surface area contributed by atoms with Gasteiger partial charge in [-0.15, -0.1) is 0 Å². The monoisotopic (exact) mass is 325 g/mol. The Morgan fingerprint density at radius 1 is 1.21 bits per heavy atom. The van der Waals surface area contributed by atoms with Crippen molar-refractivity contribution in [3.8, 4) is 0 Å². The smallest absolute Gasteiger partial charge is 0.356 e. The maximum Gasteiger partial charge on any atom is 0.356 e. The minimum atomic E-state index is -0.379. The third-order valence-corrected chi connectivity index (χ3v) is 4.34. The summed E-state index contributed by atoms with van der Waals surface area (Å²) >= 11 is 0. The molecule has 24 heavy (non-hydrogen) atoms. The van der Waals surface area contributed by atoms with Crippen LogP contribution in [0.5, 0.6) is 0 Å². The molecule has 1 aromatic carbocycles. The zero-order valence-electron chi connectivity index (χ0n) is 13.3. The number of fused-ring (bicyclic) bond motifs is 3. The fourth-order valence-corrected chi connectivity index (χ4v) is 3.03. The highest BCUT2D eigenvalue weighted by atomic mass is 16.5. The van der Waals surface area contributed by atoms with Gasteiger partial charge in [-0.25, -0.2) is 9.78 Å². The molecule has 0 aliphatic carbocycles. The number of carbonyl (C=O) groups is 1. The largest absolute Gasteiger partial charge is 0.460 e. The van der Waals surface area contributed by atoms with Crippen LogP contribution in [0.25, 0.3) is 21.8 Å². The van der Waals surface area contributed by atoms with Crippen LogP contribution in [0.2, 0.25) is 0 Å². The van der Waals surface area contributed by atoms with Gasteiger partial charge in [0.05, 0.1) is 24.9 Å². The van der Waals surface area contributed by atoms with E-state index in [4.69, 9.17) is 9.47 Å². The van der Waals surface area contributed by atoms with Gasteiger partial charge >= 0.3 is 5.97 Å². The highest BCUT2D eigenvalue weighted by Gasteiger charge is 2.14. The lowest BCUT2D eigenvalue weighted by Crippen LogP contribution is -2.38. The lowest BCUT2D eigenvalue weighted by molar-refractivity contribution is 0.0193. The van der Waals surface area contributed by atoms with Crippen LogP contribution < -0.4 is 0 Å². The van der Waals surface area contributed by atoms with Crippen LogP contribution in [0.1, 0.15) is 10.5 Å². The molecule has 0 unspecified atom stereocenters. The number of ether oxygens (including phenoxy) is 2. The molecule has 0 atom stereocenters. The van der Waals surface area contributed by atoms with Gasteiger partial charge in [0.15, 0.2) is 0 Å². The van der Waals surface area contributed by atoms with Crippen LogP contribution >= 0.6 is 0 Å². The Labute approximate surface area is 139 Å². The number of benzene rings is 1. The van der Waals surface area contributed by atoms with Crippen molar-refractivity contribution in [2.75, 3.05) is 39.5 Å². The van der Waals surface area contributed by atoms with E-state index in [1.807, 2.05) is 24.3 Å². The number of hydrogen-bond acceptors (Lipinski definition) is 5. The Bertz CT molecular complexity index is 868. The first-order valence-electron chi connectivity index (χ1n) is 8.15. The van der Waals surface area contributed by atoms with Gasteiger partial charge in [0, 0.05) is 35.9 Å². The lowest BCUT2D eigenvalue weighted by atomic mass is 10.1. The topological polar surface area (TPSA) is 67.4 Å². The van der Waals surface area contributed by atoms with Crippen LogP contribution in [0.4, 0.5) is 0 Å². The number of hydrogen-bond donors (Lipinski definition) is 1. The highest BCUT2D eigenvalue weighted by molar-refractivity contribution is 6.08. The van der Waals surface area contributed by atoms with Crippen LogP contribution in [-0.2, 0) is 9.47 Å². The van der Waals surface area contributed by atoms with Crippen molar-refractivity contribution in [1.29, 1.82) is 0 Å². The number of esters is 1. The van der Waals surface area contributed by atoms with E-state index in [2.05, 4.69) is 14.9 Å². The number of nitrogens with zero attached hydrogens (tertiary/aromatic N) is 2. The highest BCUT2D eigenvalue weighted by Crippen LogP contribution is 2.25. The molecule has 4 rings (SSSR count). The second kappa shape index (κ2) is 6.59. The third-order valence-electron chi connectivity index (χ3n) is 4.34. The summed E-state index contributed by atoms with van der Waals surface area (Å²) < 4.78 is 10.7. The van der Waals surface area contributed by atoms with E-state index in [1.165, 1.54) is 0 Å². The van der Waals surface area contributed by atoms with Crippen molar-refractivity contribution in [1.82, 2.24) is 14.9 Å². The zero-order chi connectivity index (χ0) is 16.4. The van der Waals surface area contributed by atoms with Crippen molar-refractivity contribution >= 4 is 27.8 Å². The molecule has 1 aliphatic rings. The predicted octanol–water partition coefficient (Wildman–Crippen LogP) is 2.21. The Morgan fingerprint density at radius 2 is 2.04 bits per heavy atom. The number of aromatic amines is 1. The maximum atomic E-state index is 12.2. The van der Waals surface area contributed by atoms with Crippen LogP contribution in [0, 0.1) is 0 Å². The number of pyridine rings is 1. The molecular weight excluding hydrogens is 306 g/mol. The SMILES string of the molecule is O=C(OCCN1CCOCC1)c1cc2c(cn1)[nH]c1ccccc12. The summed E-state index contributed by atoms with van der Waals surface area (Å²) in [6, 6.07) is 9.80. The number of nitrogens with one attached hydrogen (secondary N) is 1. The number of morpholine rings is 1. The molecule has 0 spiro atoms. The summed E-state index contributed by atoms with van der Waals surface area (Å²) in [6.07, 6.45) is 1.69. The first kappa shape index (κ1) is 15.1. The molecule has 0 saturated carbocycles. The first-order chi connectivity index (χ1) is 11.8. The van der Waals surface area contributed by atoms with Gasteiger partial charge in [0.2, 0.25) is 0 Å². The fraction of sp³-hybridized carbons (Fsp3) is 0.333. The standard InChI is InChI=1S/C18H19N3O3/c22-18(24-10-7-21-5-8-23-9-6-21)16-11-14-13-3-1-2-4-15(13)20-17(14)12-19-16/h1-4,11-12,20H,5-10H2. The fourth-order valence-electron chi connectivity index (χ4n) is 3.03. The van der Waals surface area contributed by atoms with Crippen LogP contribution in [0.15, 0.2) is 36.5 Å². The van der Waals surface area contributed by atoms with E-state index >= 15 is 0 Å². The molecule has 2 aromatic heterocycles. The van der Waals surface area contributed by atoms with Gasteiger partial charge in [-0.2, -0.15) is 0 Å². The third kappa shape index (κ3) is 2.98. The molecule has 1 aliphatic heterocycles. The summed E-state index contributed by atoms with van der Waals surface area (Å²) in [5.74, 6) is -0.379. The molecule has 0 amide bonds. The molecule has 0 radical (unpaired) electrons. The molecule has 3 aromatic rings. The minimum Gasteiger partial charge on any atom is -0.460 e. The van der Waals surface area contributed by atoms with Gasteiger partial charge in [-0.1, -0.05) is 18.2 Å². The van der Waals surface area contributed by atoms with Crippen LogP contribution in [-0.4, -0.2) is 60.3 Å². The van der Waals surface area contributed by atoms with Gasteiger partial charge < -0.3 is 14.5 Å². The first-order valence-corrected chi connectivity index (χ1v) is 8.15. The molecule has 1 fully saturated rings. The molecule has 0 bridgehead atoms. The van der Waals surface area contributed by atoms with Gasteiger partial charge in [0.25, 0.3) is 0 Å². The van der Waals surface area contributed by atoms with E-state index in [0.29, 0.717) is 12.3 Å². The molecule has 1 N–H and O–H groups in total. The molecule has 1 saturated heterocycles. The number of carbonyl (C=O) groups excluding carboxylic acids is 1. The van der Waals surface area contributed by atoms with Crippen molar-refractivity contribution < 1.29 is 14.3 Å². The minimum absolute atomic E-state index is 0.342. The summed E-state index contributed by atoms with van der Waals surface area (Å²) in [7, 11) is 0. The predicted molar refractivity (Wildman–Crippen MR) is 91.1 cm³/mol.